The molecule has 2 unspecified atom stereocenters. The van der Waals surface area contributed by atoms with Crippen molar-refractivity contribution < 1.29 is 4.79 Å². The smallest absolute Gasteiger partial charge is 0.270 e. The number of aromatic amines is 1. The average molecular weight is 405 g/mol. The van der Waals surface area contributed by atoms with Crippen LogP contribution >= 0.6 is 0 Å². The summed E-state index contributed by atoms with van der Waals surface area (Å²) in [6, 6.07) is 16.9. The first-order valence-electron chi connectivity index (χ1n) is 11.0. The first kappa shape index (κ1) is 20.5. The fourth-order valence-corrected chi connectivity index (χ4v) is 4.65. The van der Waals surface area contributed by atoms with Gasteiger partial charge in [-0.15, -0.1) is 0 Å². The van der Waals surface area contributed by atoms with Gasteiger partial charge in [0.25, 0.3) is 5.91 Å². The Balaban J connectivity index is 1.41. The van der Waals surface area contributed by atoms with Crippen molar-refractivity contribution in [3.63, 3.8) is 0 Å². The van der Waals surface area contributed by atoms with Crippen LogP contribution in [0, 0.1) is 6.92 Å². The van der Waals surface area contributed by atoms with Gasteiger partial charge in [-0.05, 0) is 68.9 Å². The Labute approximate surface area is 178 Å². The molecule has 0 radical (unpaired) electrons. The van der Waals surface area contributed by atoms with E-state index < -0.39 is 0 Å². The van der Waals surface area contributed by atoms with Crippen LogP contribution in [0.1, 0.15) is 54.2 Å². The number of para-hydroxylation sites is 1. The number of aromatic nitrogens is 1. The Kier molecular flexibility index (Phi) is 6.09. The van der Waals surface area contributed by atoms with Crippen molar-refractivity contribution >= 4 is 22.5 Å². The Morgan fingerprint density at radius 3 is 2.80 bits per heavy atom. The summed E-state index contributed by atoms with van der Waals surface area (Å²) in [5, 5.41) is 4.79. The van der Waals surface area contributed by atoms with E-state index in [-0.39, 0.29) is 11.9 Å². The molecule has 5 heteroatoms. The number of H-pyrrole nitrogens is 1. The van der Waals surface area contributed by atoms with Gasteiger partial charge in [-0.25, -0.2) is 0 Å². The quantitative estimate of drug-likeness (QED) is 0.525. The van der Waals surface area contributed by atoms with Crippen molar-refractivity contribution in [3.05, 3.63) is 65.4 Å². The van der Waals surface area contributed by atoms with E-state index in [1.54, 1.807) is 0 Å². The second-order valence-corrected chi connectivity index (χ2v) is 8.45. The SMILES string of the molecule is CCN(C(=O)c1cc2ccccc2[nH]1)C1CCCC(NCc2ccc(N)c(C)c2)C1. The van der Waals surface area contributed by atoms with Gasteiger partial charge in [0.1, 0.15) is 5.69 Å². The van der Waals surface area contributed by atoms with Crippen LogP contribution in [-0.2, 0) is 6.54 Å². The zero-order valence-electron chi connectivity index (χ0n) is 17.9. The highest BCUT2D eigenvalue weighted by molar-refractivity contribution is 5.98. The van der Waals surface area contributed by atoms with Crippen LogP contribution in [0.15, 0.2) is 48.5 Å². The zero-order chi connectivity index (χ0) is 21.1. The molecule has 4 N–H and O–H groups in total. The number of fused-ring (bicyclic) bond motifs is 1. The van der Waals surface area contributed by atoms with Crippen molar-refractivity contribution in [2.24, 2.45) is 0 Å². The summed E-state index contributed by atoms with van der Waals surface area (Å²) in [4.78, 5) is 18.6. The minimum absolute atomic E-state index is 0.105. The van der Waals surface area contributed by atoms with Gasteiger partial charge >= 0.3 is 0 Å². The normalized spacial score (nSPS) is 19.1. The first-order chi connectivity index (χ1) is 14.5. The molecule has 1 aromatic heterocycles. The number of hydrogen-bond donors (Lipinski definition) is 3. The molecule has 1 aliphatic carbocycles. The van der Waals surface area contributed by atoms with Crippen LogP contribution in [0.4, 0.5) is 5.69 Å². The molecule has 0 spiro atoms. The van der Waals surface area contributed by atoms with Crippen molar-refractivity contribution in [2.45, 2.75) is 58.2 Å². The molecule has 1 saturated carbocycles. The number of carbonyl (C=O) groups excluding carboxylic acids is 1. The zero-order valence-corrected chi connectivity index (χ0v) is 17.9. The maximum atomic E-state index is 13.3. The lowest BCUT2D eigenvalue weighted by Gasteiger charge is -2.37. The minimum Gasteiger partial charge on any atom is -0.399 e. The van der Waals surface area contributed by atoms with Crippen LogP contribution < -0.4 is 11.1 Å². The summed E-state index contributed by atoms with van der Waals surface area (Å²) in [6.07, 6.45) is 4.36. The van der Waals surface area contributed by atoms with Gasteiger partial charge in [-0.1, -0.05) is 30.3 Å². The second kappa shape index (κ2) is 8.92. The van der Waals surface area contributed by atoms with Crippen LogP contribution in [0.25, 0.3) is 10.9 Å². The van der Waals surface area contributed by atoms with E-state index in [0.717, 1.165) is 60.9 Å². The van der Waals surface area contributed by atoms with Gasteiger partial charge < -0.3 is 20.9 Å². The number of carbonyl (C=O) groups is 1. The molecule has 4 rings (SSSR count). The molecule has 30 heavy (non-hydrogen) atoms. The topological polar surface area (TPSA) is 74.2 Å². The van der Waals surface area contributed by atoms with Gasteiger partial charge in [-0.3, -0.25) is 4.79 Å². The Morgan fingerprint density at radius 2 is 2.03 bits per heavy atom. The van der Waals surface area contributed by atoms with Crippen LogP contribution in [0.5, 0.6) is 0 Å². The van der Waals surface area contributed by atoms with Crippen molar-refractivity contribution in [3.8, 4) is 0 Å². The van der Waals surface area contributed by atoms with Gasteiger partial charge in [0.2, 0.25) is 0 Å². The third kappa shape index (κ3) is 4.36. The number of aryl methyl sites for hydroxylation is 1. The fourth-order valence-electron chi connectivity index (χ4n) is 4.65. The molecule has 1 heterocycles. The van der Waals surface area contributed by atoms with Crippen molar-refractivity contribution in [1.82, 2.24) is 15.2 Å². The Morgan fingerprint density at radius 1 is 1.20 bits per heavy atom. The number of benzene rings is 2. The summed E-state index contributed by atoms with van der Waals surface area (Å²) in [6.45, 7) is 5.68. The number of anilines is 1. The fraction of sp³-hybridized carbons (Fsp3) is 0.400. The monoisotopic (exact) mass is 404 g/mol. The Hall–Kier alpha value is -2.79. The molecule has 5 nitrogen and oxygen atoms in total. The molecule has 1 amide bonds. The van der Waals surface area contributed by atoms with Gasteiger partial charge in [0, 0.05) is 41.8 Å². The number of nitrogens with two attached hydrogens (primary N) is 1. The highest BCUT2D eigenvalue weighted by Gasteiger charge is 2.29. The number of rotatable bonds is 6. The van der Waals surface area contributed by atoms with Gasteiger partial charge in [0.05, 0.1) is 0 Å². The number of nitrogen functional groups attached to an aromatic ring is 1. The lowest BCUT2D eigenvalue weighted by atomic mass is 9.89. The minimum atomic E-state index is 0.105. The maximum Gasteiger partial charge on any atom is 0.270 e. The largest absolute Gasteiger partial charge is 0.399 e. The molecule has 1 fully saturated rings. The number of amides is 1. The molecule has 158 valence electrons. The summed E-state index contributed by atoms with van der Waals surface area (Å²) >= 11 is 0. The molecule has 1 aliphatic rings. The highest BCUT2D eigenvalue weighted by atomic mass is 16.2. The molecule has 0 aliphatic heterocycles. The maximum absolute atomic E-state index is 13.3. The molecule has 0 saturated heterocycles. The van der Waals surface area contributed by atoms with Crippen molar-refractivity contribution in [2.75, 3.05) is 12.3 Å². The van der Waals surface area contributed by atoms with Crippen LogP contribution in [0.2, 0.25) is 0 Å². The molecule has 2 atom stereocenters. The number of nitrogens with zero attached hydrogens (tertiary/aromatic N) is 1. The van der Waals surface area contributed by atoms with E-state index in [9.17, 15) is 4.79 Å². The van der Waals surface area contributed by atoms with Gasteiger partial charge in [-0.2, -0.15) is 0 Å². The highest BCUT2D eigenvalue weighted by Crippen LogP contribution is 2.26. The number of hydrogen-bond acceptors (Lipinski definition) is 3. The standard InChI is InChI=1S/C25H32N4O/c1-3-29(25(30)24-14-19-7-4-5-10-23(19)28-24)21-9-6-8-20(15-21)27-16-18-11-12-22(26)17(2)13-18/h4-5,7,10-14,20-21,27-28H,3,6,8-9,15-16,26H2,1-2H3. The third-order valence-corrected chi connectivity index (χ3v) is 6.38. The summed E-state index contributed by atoms with van der Waals surface area (Å²) in [5.74, 6) is 0.105. The van der Waals surface area contributed by atoms with E-state index >= 15 is 0 Å². The first-order valence-corrected chi connectivity index (χ1v) is 11.0. The third-order valence-electron chi connectivity index (χ3n) is 6.38. The van der Waals surface area contributed by atoms with Crippen molar-refractivity contribution in [1.29, 1.82) is 0 Å². The summed E-state index contributed by atoms with van der Waals surface area (Å²) < 4.78 is 0. The van der Waals surface area contributed by atoms with E-state index in [1.165, 1.54) is 5.56 Å². The molecular formula is C25H32N4O. The predicted molar refractivity (Wildman–Crippen MR) is 123 cm³/mol. The molecule has 2 aromatic carbocycles. The Bertz CT molecular complexity index is 992. The van der Waals surface area contributed by atoms with Gasteiger partial charge in [0.15, 0.2) is 0 Å². The lowest BCUT2D eigenvalue weighted by molar-refractivity contribution is 0.0623. The molecule has 3 aromatic rings. The predicted octanol–water partition coefficient (Wildman–Crippen LogP) is 4.62. The van der Waals surface area contributed by atoms with E-state index in [4.69, 9.17) is 5.73 Å². The van der Waals surface area contributed by atoms with Crippen LogP contribution in [-0.4, -0.2) is 34.4 Å². The second-order valence-electron chi connectivity index (χ2n) is 8.45. The van der Waals surface area contributed by atoms with E-state index in [2.05, 4.69) is 29.4 Å². The van der Waals surface area contributed by atoms with Crippen LogP contribution in [0.3, 0.4) is 0 Å². The number of nitrogens with one attached hydrogen (secondary N) is 2. The van der Waals surface area contributed by atoms with E-state index in [1.807, 2.05) is 48.2 Å². The van der Waals surface area contributed by atoms with E-state index in [0.29, 0.717) is 11.7 Å². The summed E-state index contributed by atoms with van der Waals surface area (Å²) in [7, 11) is 0. The molecule has 0 bridgehead atoms. The lowest BCUT2D eigenvalue weighted by Crippen LogP contribution is -2.46. The summed E-state index contributed by atoms with van der Waals surface area (Å²) in [5.41, 5.74) is 10.8. The average Bonchev–Trinajstić information content (AvgIpc) is 3.20. The molecular weight excluding hydrogens is 372 g/mol.